The molecule has 2 rings (SSSR count). The normalized spacial score (nSPS) is 42.4. The Labute approximate surface area is 89.1 Å². The lowest BCUT2D eigenvalue weighted by molar-refractivity contribution is -0.900. The topological polar surface area (TPSA) is 0 Å². The minimum atomic E-state index is 1.09. The van der Waals surface area contributed by atoms with Crippen LogP contribution < -0.4 is 0 Å². The van der Waals surface area contributed by atoms with E-state index in [1.807, 2.05) is 0 Å². The maximum atomic E-state index is 2.49. The van der Waals surface area contributed by atoms with Crippen LogP contribution in [0.5, 0.6) is 0 Å². The van der Waals surface area contributed by atoms with Crippen LogP contribution >= 0.6 is 0 Å². The molecule has 1 aliphatic heterocycles. The highest BCUT2D eigenvalue weighted by molar-refractivity contribution is 4.80. The Morgan fingerprint density at radius 1 is 1.07 bits per heavy atom. The van der Waals surface area contributed by atoms with Gasteiger partial charge in [0.05, 0.1) is 26.7 Å². The van der Waals surface area contributed by atoms with E-state index in [9.17, 15) is 0 Å². The van der Waals surface area contributed by atoms with Crippen molar-refractivity contribution < 1.29 is 4.48 Å². The summed E-state index contributed by atoms with van der Waals surface area (Å²) < 4.78 is 1.39. The van der Waals surface area contributed by atoms with E-state index in [2.05, 4.69) is 14.0 Å². The molecule has 0 N–H and O–H groups in total. The average molecular weight is 196 g/mol. The highest BCUT2D eigenvalue weighted by Gasteiger charge is 2.42. The molecule has 1 unspecified atom stereocenters. The van der Waals surface area contributed by atoms with Crippen molar-refractivity contribution in [3.8, 4) is 0 Å². The average Bonchev–Trinajstić information content (AvgIpc) is 2.51. The van der Waals surface area contributed by atoms with Crippen LogP contribution in [0.2, 0.25) is 0 Å². The van der Waals surface area contributed by atoms with Crippen LogP contribution in [0.3, 0.4) is 0 Å². The molecule has 0 aromatic heterocycles. The number of unbranched alkanes of at least 4 members (excludes halogenated alkanes) is 1. The number of fused-ring (bicyclic) bond motifs is 1. The Hall–Kier alpha value is -0.0400. The zero-order valence-corrected chi connectivity index (χ0v) is 9.97. The Kier molecular flexibility index (Phi) is 3.16. The third kappa shape index (κ3) is 2.13. The third-order valence-electron chi connectivity index (χ3n) is 4.47. The lowest BCUT2D eigenvalue weighted by Gasteiger charge is -2.29. The molecule has 0 aromatic carbocycles. The Morgan fingerprint density at radius 2 is 1.64 bits per heavy atom. The Bertz CT molecular complexity index is 174. The van der Waals surface area contributed by atoms with Crippen LogP contribution in [-0.4, -0.2) is 31.2 Å². The van der Waals surface area contributed by atoms with Gasteiger partial charge < -0.3 is 4.48 Å². The zero-order chi connectivity index (χ0) is 10.0. The molecule has 0 bridgehead atoms. The third-order valence-corrected chi connectivity index (χ3v) is 4.47. The SMILES string of the molecule is CCCC[N+]1(C)C[C@H]2CCCC[C@H]2C1. The van der Waals surface area contributed by atoms with Crippen molar-refractivity contribution in [2.75, 3.05) is 26.7 Å². The van der Waals surface area contributed by atoms with Crippen LogP contribution in [0.4, 0.5) is 0 Å². The van der Waals surface area contributed by atoms with Crippen LogP contribution in [0.1, 0.15) is 45.4 Å². The first kappa shape index (κ1) is 10.5. The summed E-state index contributed by atoms with van der Waals surface area (Å²) in [6.07, 6.45) is 8.87. The van der Waals surface area contributed by atoms with E-state index < -0.39 is 0 Å². The van der Waals surface area contributed by atoms with Gasteiger partial charge in [-0.3, -0.25) is 0 Å². The van der Waals surface area contributed by atoms with Gasteiger partial charge in [0.15, 0.2) is 0 Å². The molecule has 3 atom stereocenters. The standard InChI is InChI=1S/C13H26N/c1-3-4-9-14(2)10-12-7-5-6-8-13(12)11-14/h12-13H,3-11H2,1-2H3/q+1/t12-,13+,14?. The summed E-state index contributed by atoms with van der Waals surface area (Å²) in [5.41, 5.74) is 0. The van der Waals surface area contributed by atoms with Crippen molar-refractivity contribution >= 4 is 0 Å². The number of quaternary nitrogens is 1. The lowest BCUT2D eigenvalue weighted by Crippen LogP contribution is -2.42. The Morgan fingerprint density at radius 3 is 2.14 bits per heavy atom. The minimum Gasteiger partial charge on any atom is -0.326 e. The quantitative estimate of drug-likeness (QED) is 0.609. The molecular formula is C13H26N+. The van der Waals surface area contributed by atoms with Crippen molar-refractivity contribution in [1.29, 1.82) is 0 Å². The number of likely N-dealkylation sites (tertiary alicyclic amines) is 1. The summed E-state index contributed by atoms with van der Waals surface area (Å²) >= 11 is 0. The molecule has 1 saturated carbocycles. The zero-order valence-electron chi connectivity index (χ0n) is 9.97. The van der Waals surface area contributed by atoms with Gasteiger partial charge in [0.25, 0.3) is 0 Å². The monoisotopic (exact) mass is 196 g/mol. The fourth-order valence-corrected chi connectivity index (χ4v) is 3.69. The van der Waals surface area contributed by atoms with E-state index in [4.69, 9.17) is 0 Å². The van der Waals surface area contributed by atoms with E-state index in [1.54, 1.807) is 0 Å². The maximum Gasteiger partial charge on any atom is 0.0818 e. The predicted octanol–water partition coefficient (Wildman–Crippen LogP) is 3.05. The first-order chi connectivity index (χ1) is 6.73. The maximum absolute atomic E-state index is 2.49. The van der Waals surface area contributed by atoms with Crippen molar-refractivity contribution in [3.05, 3.63) is 0 Å². The van der Waals surface area contributed by atoms with Gasteiger partial charge in [-0.05, 0) is 19.3 Å². The van der Waals surface area contributed by atoms with E-state index in [0.717, 1.165) is 11.8 Å². The minimum absolute atomic E-state index is 1.09. The van der Waals surface area contributed by atoms with Crippen LogP contribution in [-0.2, 0) is 0 Å². The number of nitrogens with zero attached hydrogens (tertiary/aromatic N) is 1. The second kappa shape index (κ2) is 4.22. The van der Waals surface area contributed by atoms with Gasteiger partial charge in [0.2, 0.25) is 0 Å². The summed E-state index contributed by atoms with van der Waals surface area (Å²) in [5.74, 6) is 2.18. The molecule has 82 valence electrons. The first-order valence-corrected chi connectivity index (χ1v) is 6.57. The van der Waals surface area contributed by atoms with Gasteiger partial charge in [-0.25, -0.2) is 0 Å². The summed E-state index contributed by atoms with van der Waals surface area (Å²) in [5, 5.41) is 0. The highest BCUT2D eigenvalue weighted by atomic mass is 15.3. The van der Waals surface area contributed by atoms with E-state index in [-0.39, 0.29) is 0 Å². The summed E-state index contributed by atoms with van der Waals surface area (Å²) in [7, 11) is 2.49. The Balaban J connectivity index is 1.90. The number of hydrogen-bond donors (Lipinski definition) is 0. The largest absolute Gasteiger partial charge is 0.326 e. The van der Waals surface area contributed by atoms with Crippen molar-refractivity contribution in [3.63, 3.8) is 0 Å². The fourth-order valence-electron chi connectivity index (χ4n) is 3.69. The summed E-state index contributed by atoms with van der Waals surface area (Å²) in [6.45, 7) is 6.73. The van der Waals surface area contributed by atoms with Gasteiger partial charge in [-0.1, -0.05) is 26.2 Å². The number of hydrogen-bond acceptors (Lipinski definition) is 0. The summed E-state index contributed by atoms with van der Waals surface area (Å²) in [4.78, 5) is 0. The van der Waals surface area contributed by atoms with Gasteiger partial charge in [0.1, 0.15) is 0 Å². The molecule has 1 heteroatoms. The molecule has 0 radical (unpaired) electrons. The molecule has 1 saturated heterocycles. The van der Waals surface area contributed by atoms with Crippen molar-refractivity contribution in [1.82, 2.24) is 0 Å². The molecule has 0 aromatic rings. The van der Waals surface area contributed by atoms with Crippen molar-refractivity contribution in [2.24, 2.45) is 11.8 Å². The van der Waals surface area contributed by atoms with Crippen LogP contribution in [0.25, 0.3) is 0 Å². The van der Waals surface area contributed by atoms with E-state index >= 15 is 0 Å². The van der Waals surface area contributed by atoms with Crippen LogP contribution in [0, 0.1) is 11.8 Å². The molecule has 2 fully saturated rings. The van der Waals surface area contributed by atoms with Gasteiger partial charge >= 0.3 is 0 Å². The highest BCUT2D eigenvalue weighted by Crippen LogP contribution is 2.38. The van der Waals surface area contributed by atoms with Gasteiger partial charge in [0, 0.05) is 11.8 Å². The molecule has 0 spiro atoms. The molecule has 0 amide bonds. The smallest absolute Gasteiger partial charge is 0.0818 e. The van der Waals surface area contributed by atoms with Crippen molar-refractivity contribution in [2.45, 2.75) is 45.4 Å². The van der Waals surface area contributed by atoms with E-state index in [0.29, 0.717) is 0 Å². The summed E-state index contributed by atoms with van der Waals surface area (Å²) in [6, 6.07) is 0. The first-order valence-electron chi connectivity index (χ1n) is 6.57. The molecule has 14 heavy (non-hydrogen) atoms. The van der Waals surface area contributed by atoms with E-state index in [1.165, 1.54) is 62.6 Å². The van der Waals surface area contributed by atoms with Gasteiger partial charge in [-0.2, -0.15) is 0 Å². The lowest BCUT2D eigenvalue weighted by atomic mass is 9.82. The molecule has 1 heterocycles. The molecule has 2 aliphatic rings. The molecule has 1 nitrogen and oxygen atoms in total. The molecule has 1 aliphatic carbocycles. The van der Waals surface area contributed by atoms with Crippen LogP contribution in [0.15, 0.2) is 0 Å². The number of rotatable bonds is 3. The molecular weight excluding hydrogens is 170 g/mol. The van der Waals surface area contributed by atoms with Gasteiger partial charge in [-0.15, -0.1) is 0 Å². The predicted molar refractivity (Wildman–Crippen MR) is 61.1 cm³/mol. The second-order valence-electron chi connectivity index (χ2n) is 5.87. The fraction of sp³-hybridized carbons (Fsp3) is 1.00. The second-order valence-corrected chi connectivity index (χ2v) is 5.87.